The quantitative estimate of drug-likeness (QED) is 0.833. The number of anilines is 1. The van der Waals surface area contributed by atoms with E-state index < -0.39 is 17.5 Å². The van der Waals surface area contributed by atoms with Gasteiger partial charge in [0.05, 0.1) is 5.41 Å². The zero-order chi connectivity index (χ0) is 18.6. The number of rotatable bonds is 5. The van der Waals surface area contributed by atoms with Gasteiger partial charge in [0.1, 0.15) is 0 Å². The summed E-state index contributed by atoms with van der Waals surface area (Å²) in [7, 11) is 0. The number of hydrogen-bond donors (Lipinski definition) is 1. The van der Waals surface area contributed by atoms with E-state index in [4.69, 9.17) is 4.74 Å². The van der Waals surface area contributed by atoms with Gasteiger partial charge in [0.15, 0.2) is 6.10 Å². The summed E-state index contributed by atoms with van der Waals surface area (Å²) in [5.74, 6) is -0.770. The van der Waals surface area contributed by atoms with Gasteiger partial charge in [-0.25, -0.2) is 0 Å². The maximum Gasteiger partial charge on any atom is 0.316 e. The van der Waals surface area contributed by atoms with Crippen LogP contribution in [-0.2, 0) is 19.7 Å². The Balaban J connectivity index is 2.05. The minimum absolute atomic E-state index is 0.342. The van der Waals surface area contributed by atoms with Crippen molar-refractivity contribution < 1.29 is 14.3 Å². The number of hydrogen-bond acceptors (Lipinski definition) is 3. The molecular weight excluding hydrogens is 314 g/mol. The molecule has 0 heterocycles. The van der Waals surface area contributed by atoms with E-state index in [2.05, 4.69) is 5.32 Å². The molecule has 2 rings (SSSR count). The molecule has 1 N–H and O–H groups in total. The fourth-order valence-corrected chi connectivity index (χ4v) is 2.44. The maximum absolute atomic E-state index is 12.6. The van der Waals surface area contributed by atoms with E-state index in [-0.39, 0.29) is 5.91 Å². The van der Waals surface area contributed by atoms with Crippen molar-refractivity contribution in [3.8, 4) is 0 Å². The average Bonchev–Trinajstić information content (AvgIpc) is 2.58. The lowest BCUT2D eigenvalue weighted by atomic mass is 9.85. The molecule has 0 fully saturated rings. The molecule has 2 aromatic rings. The van der Waals surface area contributed by atoms with Crippen LogP contribution in [0.3, 0.4) is 0 Å². The molecule has 0 radical (unpaired) electrons. The number of esters is 1. The van der Waals surface area contributed by atoms with Gasteiger partial charge < -0.3 is 10.1 Å². The van der Waals surface area contributed by atoms with E-state index in [1.807, 2.05) is 62.4 Å². The Bertz CT molecular complexity index is 766. The number of amides is 1. The number of benzene rings is 2. The van der Waals surface area contributed by atoms with Gasteiger partial charge in [-0.2, -0.15) is 0 Å². The van der Waals surface area contributed by atoms with E-state index in [0.29, 0.717) is 0 Å². The van der Waals surface area contributed by atoms with Crippen molar-refractivity contribution in [3.63, 3.8) is 0 Å². The lowest BCUT2D eigenvalue weighted by molar-refractivity contribution is -0.158. The Kier molecular flexibility index (Phi) is 5.62. The highest BCUT2D eigenvalue weighted by Gasteiger charge is 2.33. The van der Waals surface area contributed by atoms with Crippen LogP contribution in [-0.4, -0.2) is 18.0 Å². The second-order valence-corrected chi connectivity index (χ2v) is 6.85. The fraction of sp³-hybridized carbons (Fsp3) is 0.333. The molecule has 2 aromatic carbocycles. The molecule has 1 amide bonds. The van der Waals surface area contributed by atoms with Gasteiger partial charge in [0, 0.05) is 5.69 Å². The first kappa shape index (κ1) is 18.7. The number of nitrogens with one attached hydrogen (secondary N) is 1. The van der Waals surface area contributed by atoms with E-state index >= 15 is 0 Å². The zero-order valence-corrected chi connectivity index (χ0v) is 15.4. The first-order valence-corrected chi connectivity index (χ1v) is 8.36. The van der Waals surface area contributed by atoms with Crippen LogP contribution in [0.5, 0.6) is 0 Å². The first-order valence-electron chi connectivity index (χ1n) is 8.36. The molecule has 25 heavy (non-hydrogen) atoms. The molecule has 0 aliphatic carbocycles. The summed E-state index contributed by atoms with van der Waals surface area (Å²) >= 11 is 0. The summed E-state index contributed by atoms with van der Waals surface area (Å²) in [5, 5.41) is 2.83. The lowest BCUT2D eigenvalue weighted by Crippen LogP contribution is -2.37. The Morgan fingerprint density at radius 2 is 1.68 bits per heavy atom. The molecule has 0 aromatic heterocycles. The molecule has 0 unspecified atom stereocenters. The van der Waals surface area contributed by atoms with Crippen LogP contribution < -0.4 is 5.32 Å². The largest absolute Gasteiger partial charge is 0.452 e. The Hall–Kier alpha value is -2.62. The molecule has 0 aliphatic rings. The smallest absolute Gasteiger partial charge is 0.316 e. The summed E-state index contributed by atoms with van der Waals surface area (Å²) in [6, 6.07) is 15.2. The third-order valence-electron chi connectivity index (χ3n) is 4.31. The number of carbonyl (C=O) groups is 2. The number of carbonyl (C=O) groups excluding carboxylic acids is 2. The van der Waals surface area contributed by atoms with Crippen molar-refractivity contribution in [3.05, 3.63) is 65.2 Å². The standard InChI is InChI=1S/C21H25NO3/c1-14-11-12-15(2)18(13-14)22-19(23)16(3)25-20(24)21(4,5)17-9-7-6-8-10-17/h6-13,16H,1-5H3,(H,22,23)/t16-/m0/s1. The van der Waals surface area contributed by atoms with Crippen molar-refractivity contribution in [2.75, 3.05) is 5.32 Å². The molecule has 0 aliphatic heterocycles. The molecule has 4 nitrogen and oxygen atoms in total. The maximum atomic E-state index is 12.6. The minimum atomic E-state index is -0.879. The van der Waals surface area contributed by atoms with Crippen molar-refractivity contribution in [1.29, 1.82) is 0 Å². The average molecular weight is 339 g/mol. The Morgan fingerprint density at radius 3 is 2.32 bits per heavy atom. The van der Waals surface area contributed by atoms with Gasteiger partial charge in [-0.05, 0) is 57.4 Å². The monoisotopic (exact) mass is 339 g/mol. The summed E-state index contributed by atoms with van der Waals surface area (Å²) in [6.07, 6.45) is -0.879. The first-order chi connectivity index (χ1) is 11.7. The van der Waals surface area contributed by atoms with E-state index in [1.165, 1.54) is 0 Å². The minimum Gasteiger partial charge on any atom is -0.452 e. The molecule has 0 bridgehead atoms. The number of ether oxygens (including phenoxy) is 1. The molecule has 0 saturated heterocycles. The topological polar surface area (TPSA) is 55.4 Å². The Labute approximate surface area is 149 Å². The molecule has 0 saturated carbocycles. The summed E-state index contributed by atoms with van der Waals surface area (Å²) in [5.41, 5.74) is 2.77. The van der Waals surface area contributed by atoms with Crippen LogP contribution in [0.25, 0.3) is 0 Å². The van der Waals surface area contributed by atoms with E-state index in [1.54, 1.807) is 20.8 Å². The summed E-state index contributed by atoms with van der Waals surface area (Å²) < 4.78 is 5.42. The van der Waals surface area contributed by atoms with E-state index in [0.717, 1.165) is 22.4 Å². The van der Waals surface area contributed by atoms with Crippen LogP contribution in [0.15, 0.2) is 48.5 Å². The third kappa shape index (κ3) is 4.47. The van der Waals surface area contributed by atoms with Crippen LogP contribution in [0.1, 0.15) is 37.5 Å². The fourth-order valence-electron chi connectivity index (χ4n) is 2.44. The van der Waals surface area contributed by atoms with Crippen LogP contribution >= 0.6 is 0 Å². The molecule has 4 heteroatoms. The SMILES string of the molecule is Cc1ccc(C)c(NC(=O)[C@H](C)OC(=O)C(C)(C)c2ccccc2)c1. The van der Waals surface area contributed by atoms with Gasteiger partial charge in [0.2, 0.25) is 0 Å². The molecule has 1 atom stereocenters. The van der Waals surface area contributed by atoms with Crippen molar-refractivity contribution in [2.45, 2.75) is 46.1 Å². The third-order valence-corrected chi connectivity index (χ3v) is 4.31. The van der Waals surface area contributed by atoms with E-state index in [9.17, 15) is 9.59 Å². The molecular formula is C21H25NO3. The van der Waals surface area contributed by atoms with Crippen LogP contribution in [0.4, 0.5) is 5.69 Å². The molecule has 132 valence electrons. The van der Waals surface area contributed by atoms with Gasteiger partial charge in [0.25, 0.3) is 5.91 Å². The Morgan fingerprint density at radius 1 is 1.04 bits per heavy atom. The second-order valence-electron chi connectivity index (χ2n) is 6.85. The zero-order valence-electron chi connectivity index (χ0n) is 15.4. The van der Waals surface area contributed by atoms with Gasteiger partial charge in [-0.15, -0.1) is 0 Å². The van der Waals surface area contributed by atoms with Crippen LogP contribution in [0.2, 0.25) is 0 Å². The summed E-state index contributed by atoms with van der Waals surface area (Å²) in [6.45, 7) is 9.05. The van der Waals surface area contributed by atoms with Crippen molar-refractivity contribution in [2.24, 2.45) is 0 Å². The van der Waals surface area contributed by atoms with Gasteiger partial charge >= 0.3 is 5.97 Å². The lowest BCUT2D eigenvalue weighted by Gasteiger charge is -2.25. The number of aryl methyl sites for hydroxylation is 2. The second kappa shape index (κ2) is 7.51. The highest BCUT2D eigenvalue weighted by atomic mass is 16.5. The summed E-state index contributed by atoms with van der Waals surface area (Å²) in [4.78, 5) is 24.9. The van der Waals surface area contributed by atoms with Crippen molar-refractivity contribution in [1.82, 2.24) is 0 Å². The predicted molar refractivity (Wildman–Crippen MR) is 99.6 cm³/mol. The normalized spacial score (nSPS) is 12.4. The van der Waals surface area contributed by atoms with Crippen LogP contribution in [0, 0.1) is 13.8 Å². The predicted octanol–water partition coefficient (Wildman–Crippen LogP) is 4.15. The van der Waals surface area contributed by atoms with Gasteiger partial charge in [-0.3, -0.25) is 9.59 Å². The molecule has 0 spiro atoms. The highest BCUT2D eigenvalue weighted by Crippen LogP contribution is 2.25. The highest BCUT2D eigenvalue weighted by molar-refractivity contribution is 5.96. The van der Waals surface area contributed by atoms with Gasteiger partial charge in [-0.1, -0.05) is 42.5 Å². The van der Waals surface area contributed by atoms with Crippen molar-refractivity contribution >= 4 is 17.6 Å².